The second-order valence-corrected chi connectivity index (χ2v) is 15.3. The SMILES string of the molecule is COC(=O)N[C@H](C(=O)N1CCC[C@H]1c1nc(-c2ccc(-c3cnc(-c4cnc5[nH]c([C@@H]6CCCN6C(=O)[C@@H](NC(=O)OC)C(C)C)nc5c4)cn3)cc2)c[nH]1)C(C)C. The zero-order valence-electron chi connectivity index (χ0n) is 33.5. The van der Waals surface area contributed by atoms with Gasteiger partial charge in [-0.1, -0.05) is 52.0 Å². The lowest BCUT2D eigenvalue weighted by molar-refractivity contribution is -0.136. The Morgan fingerprint density at radius 1 is 0.690 bits per heavy atom. The molecule has 7 rings (SSSR count). The van der Waals surface area contributed by atoms with Gasteiger partial charge in [0, 0.05) is 42.2 Å². The smallest absolute Gasteiger partial charge is 0.407 e. The molecule has 2 aliphatic heterocycles. The van der Waals surface area contributed by atoms with Crippen molar-refractivity contribution in [2.75, 3.05) is 27.3 Å². The number of rotatable bonds is 11. The highest BCUT2D eigenvalue weighted by atomic mass is 16.5. The summed E-state index contributed by atoms with van der Waals surface area (Å²) in [6.45, 7) is 8.69. The number of nitrogens with one attached hydrogen (secondary N) is 4. The van der Waals surface area contributed by atoms with Gasteiger partial charge in [0.05, 0.1) is 55.8 Å². The molecule has 2 saturated heterocycles. The quantitative estimate of drug-likeness (QED) is 0.130. The Morgan fingerprint density at radius 2 is 1.21 bits per heavy atom. The average Bonchev–Trinajstić information content (AvgIpc) is 4.07. The van der Waals surface area contributed by atoms with Crippen molar-refractivity contribution in [3.63, 3.8) is 0 Å². The molecular formula is C41H49N11O6. The predicted octanol–water partition coefficient (Wildman–Crippen LogP) is 5.56. The summed E-state index contributed by atoms with van der Waals surface area (Å²) in [5.41, 5.74) is 5.86. The van der Waals surface area contributed by atoms with Crippen LogP contribution in [0.4, 0.5) is 9.59 Å². The Bertz CT molecular complexity index is 2270. The summed E-state index contributed by atoms with van der Waals surface area (Å²) in [5, 5.41) is 5.37. The number of methoxy groups -OCH3 is 2. The molecule has 6 heterocycles. The van der Waals surface area contributed by atoms with E-state index in [4.69, 9.17) is 29.4 Å². The molecule has 0 unspecified atom stereocenters. The molecule has 4 N–H and O–H groups in total. The molecular weight excluding hydrogens is 743 g/mol. The molecule has 1 aromatic carbocycles. The molecule has 0 aliphatic carbocycles. The van der Waals surface area contributed by atoms with Gasteiger partial charge in [0.15, 0.2) is 5.65 Å². The molecule has 17 nitrogen and oxygen atoms in total. The van der Waals surface area contributed by atoms with Crippen molar-refractivity contribution in [2.45, 2.75) is 77.5 Å². The normalized spacial score (nSPS) is 17.8. The number of fused-ring (bicyclic) bond motifs is 1. The number of aromatic nitrogens is 7. The van der Waals surface area contributed by atoms with Crippen molar-refractivity contribution in [3.8, 4) is 33.8 Å². The highest BCUT2D eigenvalue weighted by Gasteiger charge is 2.39. The van der Waals surface area contributed by atoms with Crippen molar-refractivity contribution < 1.29 is 28.7 Å². The fourth-order valence-corrected chi connectivity index (χ4v) is 7.69. The van der Waals surface area contributed by atoms with E-state index in [0.29, 0.717) is 47.3 Å². The fourth-order valence-electron chi connectivity index (χ4n) is 7.69. The van der Waals surface area contributed by atoms with Crippen LogP contribution >= 0.6 is 0 Å². The van der Waals surface area contributed by atoms with Gasteiger partial charge in [-0.25, -0.2) is 24.5 Å². The van der Waals surface area contributed by atoms with E-state index in [1.165, 1.54) is 14.2 Å². The maximum Gasteiger partial charge on any atom is 0.407 e. The summed E-state index contributed by atoms with van der Waals surface area (Å²) in [6.07, 6.45) is 8.85. The number of benzene rings is 1. The maximum atomic E-state index is 13.6. The molecule has 0 radical (unpaired) electrons. The average molecular weight is 792 g/mol. The molecule has 0 spiro atoms. The van der Waals surface area contributed by atoms with Crippen LogP contribution in [0.1, 0.15) is 77.1 Å². The van der Waals surface area contributed by atoms with Gasteiger partial charge in [-0.15, -0.1) is 0 Å². The molecule has 2 fully saturated rings. The van der Waals surface area contributed by atoms with Crippen molar-refractivity contribution >= 4 is 35.2 Å². The number of ether oxygens (including phenoxy) is 2. The minimum absolute atomic E-state index is 0.116. The number of H-pyrrole nitrogens is 2. The Morgan fingerprint density at radius 3 is 1.72 bits per heavy atom. The Kier molecular flexibility index (Phi) is 11.7. The molecule has 58 heavy (non-hydrogen) atoms. The summed E-state index contributed by atoms with van der Waals surface area (Å²) >= 11 is 0. The van der Waals surface area contributed by atoms with E-state index in [9.17, 15) is 19.2 Å². The van der Waals surface area contributed by atoms with Crippen LogP contribution in [0.3, 0.4) is 0 Å². The Labute approximate surface area is 335 Å². The first-order chi connectivity index (χ1) is 27.9. The molecule has 0 bridgehead atoms. The molecule has 17 heteroatoms. The number of imidazole rings is 2. The largest absolute Gasteiger partial charge is 0.453 e. The number of aromatic amines is 2. The van der Waals surface area contributed by atoms with Crippen LogP contribution in [0.2, 0.25) is 0 Å². The first-order valence-corrected chi connectivity index (χ1v) is 19.6. The minimum Gasteiger partial charge on any atom is -0.453 e. The van der Waals surface area contributed by atoms with Crippen molar-refractivity contribution in [1.29, 1.82) is 0 Å². The Hall–Kier alpha value is -6.39. The maximum absolute atomic E-state index is 13.6. The summed E-state index contributed by atoms with van der Waals surface area (Å²) in [7, 11) is 2.56. The van der Waals surface area contributed by atoms with Crippen molar-refractivity contribution in [1.82, 2.24) is 55.3 Å². The molecule has 4 atom stereocenters. The number of likely N-dealkylation sites (tertiary alicyclic amines) is 2. The van der Waals surface area contributed by atoms with E-state index in [1.54, 1.807) is 28.4 Å². The zero-order valence-corrected chi connectivity index (χ0v) is 33.5. The second kappa shape index (κ2) is 17.0. The summed E-state index contributed by atoms with van der Waals surface area (Å²) < 4.78 is 9.50. The van der Waals surface area contributed by atoms with Crippen LogP contribution in [0.15, 0.2) is 55.1 Å². The third-order valence-corrected chi connectivity index (χ3v) is 10.9. The lowest BCUT2D eigenvalue weighted by Gasteiger charge is -2.29. The third-order valence-electron chi connectivity index (χ3n) is 10.9. The van der Waals surface area contributed by atoms with Gasteiger partial charge in [-0.05, 0) is 43.6 Å². The van der Waals surface area contributed by atoms with Gasteiger partial charge in [0.1, 0.15) is 29.2 Å². The lowest BCUT2D eigenvalue weighted by atomic mass is 10.0. The molecule has 4 amide bonds. The molecule has 304 valence electrons. The van der Waals surface area contributed by atoms with Crippen LogP contribution in [0, 0.1) is 11.8 Å². The standard InChI is InChI=1S/C41H49N11O6/c1-22(2)33(48-40(55)57-5)38(53)51-15-7-9-31(51)36-45-21-30(47-36)25-13-11-24(12-14-25)28-19-43-29(20-42-28)26-17-27-35(44-18-26)50-37(46-27)32-10-8-16-52(32)39(54)34(23(3)4)49-41(56)58-6/h11-14,17-23,31-34H,7-10,15-16H2,1-6H3,(H,45,47)(H,48,55)(H,49,56)(H,44,46,50)/t31-,32-,33-,34-/m0/s1. The van der Waals surface area contributed by atoms with Gasteiger partial charge in [-0.3, -0.25) is 19.6 Å². The summed E-state index contributed by atoms with van der Waals surface area (Å²) in [4.78, 5) is 84.9. The van der Waals surface area contributed by atoms with Crippen molar-refractivity contribution in [2.24, 2.45) is 11.8 Å². The topological polar surface area (TPSA) is 213 Å². The molecule has 0 saturated carbocycles. The number of carbonyl (C=O) groups is 4. The van der Waals surface area contributed by atoms with Gasteiger partial charge in [-0.2, -0.15) is 0 Å². The number of nitrogens with zero attached hydrogens (tertiary/aromatic N) is 7. The number of hydrogen-bond donors (Lipinski definition) is 4. The van der Waals surface area contributed by atoms with Crippen molar-refractivity contribution in [3.05, 3.63) is 66.8 Å². The number of alkyl carbamates (subject to hydrolysis) is 2. The minimum atomic E-state index is -0.720. The lowest BCUT2D eigenvalue weighted by Crippen LogP contribution is -2.51. The molecule has 5 aromatic rings. The molecule has 4 aromatic heterocycles. The van der Waals surface area contributed by atoms with E-state index >= 15 is 0 Å². The van der Waals surface area contributed by atoms with E-state index in [-0.39, 0.29) is 35.7 Å². The van der Waals surface area contributed by atoms with Crippen LogP contribution in [-0.4, -0.2) is 108 Å². The predicted molar refractivity (Wildman–Crippen MR) is 214 cm³/mol. The second-order valence-electron chi connectivity index (χ2n) is 15.3. The zero-order chi connectivity index (χ0) is 41.1. The summed E-state index contributed by atoms with van der Waals surface area (Å²) in [6, 6.07) is 7.86. The van der Waals surface area contributed by atoms with Crippen LogP contribution < -0.4 is 10.6 Å². The summed E-state index contributed by atoms with van der Waals surface area (Å²) in [5.74, 6) is 0.765. The fraction of sp³-hybridized carbons (Fsp3) is 0.439. The monoisotopic (exact) mass is 791 g/mol. The first kappa shape index (κ1) is 39.8. The van der Waals surface area contributed by atoms with Gasteiger partial charge in [0.2, 0.25) is 11.8 Å². The van der Waals surface area contributed by atoms with Crippen LogP contribution in [0.5, 0.6) is 0 Å². The first-order valence-electron chi connectivity index (χ1n) is 19.6. The number of hydrogen-bond acceptors (Lipinski definition) is 11. The van der Waals surface area contributed by atoms with E-state index in [1.807, 2.05) is 64.2 Å². The van der Waals surface area contributed by atoms with Gasteiger partial charge >= 0.3 is 12.2 Å². The van der Waals surface area contributed by atoms with Gasteiger partial charge in [0.25, 0.3) is 0 Å². The molecule has 2 aliphatic rings. The highest BCUT2D eigenvalue weighted by molar-refractivity contribution is 5.87. The van der Waals surface area contributed by atoms with Crippen LogP contribution in [0.25, 0.3) is 44.9 Å². The number of amides is 4. The van der Waals surface area contributed by atoms with E-state index < -0.39 is 24.3 Å². The number of carbonyl (C=O) groups excluding carboxylic acids is 4. The Balaban J connectivity index is 1.02. The van der Waals surface area contributed by atoms with Gasteiger partial charge < -0.3 is 39.9 Å². The van der Waals surface area contributed by atoms with E-state index in [2.05, 4.69) is 25.6 Å². The van der Waals surface area contributed by atoms with E-state index in [0.717, 1.165) is 48.1 Å². The van der Waals surface area contributed by atoms with Crippen LogP contribution in [-0.2, 0) is 19.1 Å². The third kappa shape index (κ3) is 8.19. The number of pyridine rings is 1. The highest BCUT2D eigenvalue weighted by Crippen LogP contribution is 2.35.